The van der Waals surface area contributed by atoms with Crippen molar-refractivity contribution >= 4 is 17.4 Å². The highest BCUT2D eigenvalue weighted by Crippen LogP contribution is 2.18. The lowest BCUT2D eigenvalue weighted by atomic mass is 10.2. The molecule has 0 aromatic heterocycles. The predicted octanol–water partition coefficient (Wildman–Crippen LogP) is 1.62. The summed E-state index contributed by atoms with van der Waals surface area (Å²) < 4.78 is 18.4. The summed E-state index contributed by atoms with van der Waals surface area (Å²) in [6.07, 6.45) is -0.352. The maximum atomic E-state index is 13.0. The molecule has 1 aromatic rings. The van der Waals surface area contributed by atoms with Crippen LogP contribution < -0.4 is 5.73 Å². The highest BCUT2D eigenvalue weighted by Gasteiger charge is 2.22. The second-order valence-corrected chi connectivity index (χ2v) is 4.71. The number of amidine groups is 1. The molecule has 1 fully saturated rings. The fourth-order valence-corrected chi connectivity index (χ4v) is 2.13. The van der Waals surface area contributed by atoms with Crippen LogP contribution in [0.25, 0.3) is 0 Å². The van der Waals surface area contributed by atoms with E-state index in [2.05, 4.69) is 4.90 Å². The van der Waals surface area contributed by atoms with E-state index in [0.717, 1.165) is 12.1 Å². The lowest BCUT2D eigenvalue weighted by Crippen LogP contribution is -2.47. The summed E-state index contributed by atoms with van der Waals surface area (Å²) in [5.74, 6) is -0.374. The van der Waals surface area contributed by atoms with Gasteiger partial charge in [-0.3, -0.25) is 10.3 Å². The van der Waals surface area contributed by atoms with Gasteiger partial charge in [0.05, 0.1) is 11.6 Å². The third kappa shape index (κ3) is 3.19. The Balaban J connectivity index is 2.00. The van der Waals surface area contributed by atoms with Crippen molar-refractivity contribution in [2.24, 2.45) is 5.73 Å². The first kappa shape index (κ1) is 13.3. The van der Waals surface area contributed by atoms with Crippen LogP contribution in [0.4, 0.5) is 4.39 Å². The van der Waals surface area contributed by atoms with Crippen LogP contribution in [-0.4, -0.2) is 36.5 Å². The van der Waals surface area contributed by atoms with Gasteiger partial charge in [0.1, 0.15) is 17.8 Å². The Hall–Kier alpha value is -1.17. The summed E-state index contributed by atoms with van der Waals surface area (Å²) in [6.45, 7) is 2.52. The summed E-state index contributed by atoms with van der Waals surface area (Å²) in [6, 6.07) is 4.69. The van der Waals surface area contributed by atoms with Gasteiger partial charge in [0.25, 0.3) is 0 Å². The summed E-state index contributed by atoms with van der Waals surface area (Å²) >= 11 is 5.74. The van der Waals surface area contributed by atoms with Crippen molar-refractivity contribution in [3.05, 3.63) is 34.6 Å². The van der Waals surface area contributed by atoms with Gasteiger partial charge in [-0.05, 0) is 17.7 Å². The third-order valence-corrected chi connectivity index (χ3v) is 3.18. The minimum absolute atomic E-state index is 0.0387. The molecule has 0 spiro atoms. The highest BCUT2D eigenvalue weighted by molar-refractivity contribution is 6.30. The van der Waals surface area contributed by atoms with E-state index < -0.39 is 5.82 Å². The minimum Gasteiger partial charge on any atom is -0.385 e. The van der Waals surface area contributed by atoms with Gasteiger partial charge in [-0.25, -0.2) is 4.39 Å². The highest BCUT2D eigenvalue weighted by atomic mass is 35.5. The Bertz CT molecular complexity index is 455. The molecule has 1 heterocycles. The number of hydrogen-bond acceptors (Lipinski definition) is 3. The molecule has 1 saturated heterocycles. The van der Waals surface area contributed by atoms with Crippen LogP contribution >= 0.6 is 11.6 Å². The Morgan fingerprint density at radius 3 is 3.06 bits per heavy atom. The van der Waals surface area contributed by atoms with E-state index >= 15 is 0 Å². The van der Waals surface area contributed by atoms with Gasteiger partial charge in [0, 0.05) is 19.6 Å². The Labute approximate surface area is 110 Å². The van der Waals surface area contributed by atoms with Crippen molar-refractivity contribution in [2.75, 3.05) is 19.7 Å². The van der Waals surface area contributed by atoms with Crippen molar-refractivity contribution in [3.8, 4) is 0 Å². The summed E-state index contributed by atoms with van der Waals surface area (Å²) in [7, 11) is 0. The molecule has 2 rings (SSSR count). The lowest BCUT2D eigenvalue weighted by molar-refractivity contribution is 0.00236. The Morgan fingerprint density at radius 2 is 2.39 bits per heavy atom. The zero-order valence-corrected chi connectivity index (χ0v) is 10.6. The number of ether oxygens (including phenoxy) is 1. The quantitative estimate of drug-likeness (QED) is 0.649. The van der Waals surface area contributed by atoms with Gasteiger partial charge in [0.15, 0.2) is 0 Å². The number of nitrogens with one attached hydrogen (secondary N) is 1. The van der Waals surface area contributed by atoms with Crippen LogP contribution in [0.5, 0.6) is 0 Å². The first-order valence-electron chi connectivity index (χ1n) is 5.68. The monoisotopic (exact) mass is 271 g/mol. The van der Waals surface area contributed by atoms with Gasteiger partial charge < -0.3 is 10.5 Å². The van der Waals surface area contributed by atoms with Crippen molar-refractivity contribution in [3.63, 3.8) is 0 Å². The Kier molecular flexibility index (Phi) is 4.16. The zero-order valence-electron chi connectivity index (χ0n) is 9.83. The number of halogens is 2. The molecule has 1 aliphatic heterocycles. The van der Waals surface area contributed by atoms with E-state index in [4.69, 9.17) is 27.5 Å². The van der Waals surface area contributed by atoms with Crippen LogP contribution in [0.2, 0.25) is 5.02 Å². The number of morpholine rings is 1. The van der Waals surface area contributed by atoms with Gasteiger partial charge in [-0.1, -0.05) is 17.7 Å². The molecule has 0 aliphatic carbocycles. The molecule has 1 aromatic carbocycles. The first-order chi connectivity index (χ1) is 8.56. The molecule has 1 aliphatic rings. The molecule has 0 bridgehead atoms. The third-order valence-electron chi connectivity index (χ3n) is 2.89. The van der Waals surface area contributed by atoms with Gasteiger partial charge in [-0.15, -0.1) is 0 Å². The van der Waals surface area contributed by atoms with Gasteiger partial charge >= 0.3 is 0 Å². The SMILES string of the molecule is N=C(N)C1CN(Cc2ccc(F)c(Cl)c2)CCO1. The van der Waals surface area contributed by atoms with Crippen LogP contribution in [0.1, 0.15) is 5.56 Å². The number of hydrogen-bond donors (Lipinski definition) is 2. The number of benzene rings is 1. The van der Waals surface area contributed by atoms with E-state index in [0.29, 0.717) is 19.7 Å². The molecule has 3 N–H and O–H groups in total. The molecule has 4 nitrogen and oxygen atoms in total. The number of nitrogens with two attached hydrogens (primary N) is 1. The summed E-state index contributed by atoms with van der Waals surface area (Å²) in [5.41, 5.74) is 6.36. The van der Waals surface area contributed by atoms with E-state index in [9.17, 15) is 4.39 Å². The molecule has 6 heteroatoms. The predicted molar refractivity (Wildman–Crippen MR) is 68.3 cm³/mol. The van der Waals surface area contributed by atoms with Gasteiger partial charge in [-0.2, -0.15) is 0 Å². The second kappa shape index (κ2) is 5.65. The van der Waals surface area contributed by atoms with Crippen molar-refractivity contribution in [1.29, 1.82) is 5.41 Å². The normalized spacial score (nSPS) is 20.9. The molecule has 0 saturated carbocycles. The first-order valence-corrected chi connectivity index (χ1v) is 6.06. The molecule has 1 unspecified atom stereocenters. The van der Waals surface area contributed by atoms with E-state index in [1.165, 1.54) is 6.07 Å². The van der Waals surface area contributed by atoms with Crippen LogP contribution in [0.3, 0.4) is 0 Å². The maximum Gasteiger partial charge on any atom is 0.141 e. The number of rotatable bonds is 3. The molecule has 0 amide bonds. The van der Waals surface area contributed by atoms with E-state index in [1.807, 2.05) is 0 Å². The zero-order chi connectivity index (χ0) is 13.1. The van der Waals surface area contributed by atoms with E-state index in [-0.39, 0.29) is 17.0 Å². The molecule has 0 radical (unpaired) electrons. The lowest BCUT2D eigenvalue weighted by Gasteiger charge is -2.32. The smallest absolute Gasteiger partial charge is 0.141 e. The van der Waals surface area contributed by atoms with Crippen LogP contribution in [0, 0.1) is 11.2 Å². The average Bonchev–Trinajstić information content (AvgIpc) is 2.34. The minimum atomic E-state index is -0.413. The fourth-order valence-electron chi connectivity index (χ4n) is 1.93. The number of nitrogens with zero attached hydrogens (tertiary/aromatic N) is 1. The van der Waals surface area contributed by atoms with Crippen LogP contribution in [-0.2, 0) is 11.3 Å². The second-order valence-electron chi connectivity index (χ2n) is 4.30. The maximum absolute atomic E-state index is 13.0. The largest absolute Gasteiger partial charge is 0.385 e. The molecule has 98 valence electrons. The topological polar surface area (TPSA) is 62.3 Å². The van der Waals surface area contributed by atoms with Crippen molar-refractivity contribution in [2.45, 2.75) is 12.6 Å². The van der Waals surface area contributed by atoms with Crippen molar-refractivity contribution in [1.82, 2.24) is 4.90 Å². The molecular formula is C12H15ClFN3O. The average molecular weight is 272 g/mol. The van der Waals surface area contributed by atoms with E-state index in [1.54, 1.807) is 12.1 Å². The molecular weight excluding hydrogens is 257 g/mol. The summed E-state index contributed by atoms with van der Waals surface area (Å²) in [4.78, 5) is 2.11. The molecule has 18 heavy (non-hydrogen) atoms. The standard InChI is InChI=1S/C12H15ClFN3O/c13-9-5-8(1-2-10(9)14)6-17-3-4-18-11(7-17)12(15)16/h1-2,5,11H,3-4,6-7H2,(H3,15,16). The van der Waals surface area contributed by atoms with Gasteiger partial charge in [0.2, 0.25) is 0 Å². The van der Waals surface area contributed by atoms with Crippen LogP contribution in [0.15, 0.2) is 18.2 Å². The fraction of sp³-hybridized carbons (Fsp3) is 0.417. The molecule has 1 atom stereocenters. The summed E-state index contributed by atoms with van der Waals surface area (Å²) in [5, 5.41) is 7.50. The van der Waals surface area contributed by atoms with Crippen molar-refractivity contribution < 1.29 is 9.13 Å². The Morgan fingerprint density at radius 1 is 1.61 bits per heavy atom.